The lowest BCUT2D eigenvalue weighted by Gasteiger charge is -2.24. The van der Waals surface area contributed by atoms with Gasteiger partial charge in [-0.3, -0.25) is 0 Å². The van der Waals surface area contributed by atoms with Crippen LogP contribution in [0.2, 0.25) is 0 Å². The fourth-order valence-corrected chi connectivity index (χ4v) is 1.67. The van der Waals surface area contributed by atoms with E-state index in [1.807, 2.05) is 13.8 Å². The Labute approximate surface area is 107 Å². The zero-order chi connectivity index (χ0) is 13.3. The highest BCUT2D eigenvalue weighted by atomic mass is 16.7. The largest absolute Gasteiger partial charge is 0.373 e. The molecule has 0 rings (SSSR count). The lowest BCUT2D eigenvalue weighted by molar-refractivity contribution is -0.184. The molecule has 0 bridgehead atoms. The van der Waals surface area contributed by atoms with Crippen molar-refractivity contribution in [3.63, 3.8) is 0 Å². The molecule has 0 aromatic carbocycles. The van der Waals surface area contributed by atoms with E-state index in [9.17, 15) is 0 Å². The van der Waals surface area contributed by atoms with Gasteiger partial charge >= 0.3 is 0 Å². The van der Waals surface area contributed by atoms with Gasteiger partial charge in [0.2, 0.25) is 0 Å². The minimum Gasteiger partial charge on any atom is -0.373 e. The van der Waals surface area contributed by atoms with Gasteiger partial charge in [-0.2, -0.15) is 0 Å². The van der Waals surface area contributed by atoms with Crippen LogP contribution >= 0.6 is 0 Å². The molecule has 0 heterocycles. The van der Waals surface area contributed by atoms with E-state index in [2.05, 4.69) is 27.7 Å². The van der Waals surface area contributed by atoms with E-state index >= 15 is 0 Å². The van der Waals surface area contributed by atoms with Crippen molar-refractivity contribution in [2.75, 3.05) is 6.61 Å². The molecular weight excluding hydrogens is 216 g/mol. The van der Waals surface area contributed by atoms with Crippen LogP contribution < -0.4 is 0 Å². The lowest BCUT2D eigenvalue weighted by Crippen LogP contribution is -2.28. The van der Waals surface area contributed by atoms with Crippen molar-refractivity contribution in [1.29, 1.82) is 0 Å². The second-order valence-electron chi connectivity index (χ2n) is 4.95. The van der Waals surface area contributed by atoms with E-state index in [0.717, 1.165) is 19.3 Å². The monoisotopic (exact) mass is 246 g/mol. The van der Waals surface area contributed by atoms with Crippen LogP contribution in [0.15, 0.2) is 0 Å². The molecule has 0 amide bonds. The highest BCUT2D eigenvalue weighted by Crippen LogP contribution is 2.10. The van der Waals surface area contributed by atoms with Crippen LogP contribution in [0, 0.1) is 0 Å². The Morgan fingerprint density at radius 1 is 0.882 bits per heavy atom. The Balaban J connectivity index is 3.98. The first-order chi connectivity index (χ1) is 7.99. The molecular formula is C14H30O3. The number of rotatable bonds is 10. The van der Waals surface area contributed by atoms with Crippen molar-refractivity contribution in [1.82, 2.24) is 0 Å². The first-order valence-electron chi connectivity index (χ1n) is 6.92. The third-order valence-electron chi connectivity index (χ3n) is 2.30. The van der Waals surface area contributed by atoms with Crippen molar-refractivity contribution in [3.05, 3.63) is 0 Å². The summed E-state index contributed by atoms with van der Waals surface area (Å²) in [5.74, 6) is 0. The molecule has 0 saturated heterocycles. The van der Waals surface area contributed by atoms with Crippen LogP contribution in [-0.4, -0.2) is 31.2 Å². The summed E-state index contributed by atoms with van der Waals surface area (Å²) in [6, 6.07) is 0. The van der Waals surface area contributed by atoms with Gasteiger partial charge in [0, 0.05) is 0 Å². The standard InChI is InChI=1S/C14H30O3/c1-7-9-13(16-11(3)4)10-15-14(8-2)17-12(5)6/h11-14H,7-10H2,1-6H3. The number of hydrogen-bond donors (Lipinski definition) is 0. The summed E-state index contributed by atoms with van der Waals surface area (Å²) < 4.78 is 17.2. The van der Waals surface area contributed by atoms with Gasteiger partial charge < -0.3 is 14.2 Å². The topological polar surface area (TPSA) is 27.7 Å². The zero-order valence-corrected chi connectivity index (χ0v) is 12.4. The second-order valence-corrected chi connectivity index (χ2v) is 4.95. The van der Waals surface area contributed by atoms with Crippen molar-refractivity contribution >= 4 is 0 Å². The minimum absolute atomic E-state index is 0.106. The Morgan fingerprint density at radius 2 is 1.47 bits per heavy atom. The molecule has 0 aliphatic heterocycles. The molecule has 3 nitrogen and oxygen atoms in total. The molecule has 0 N–H and O–H groups in total. The maximum Gasteiger partial charge on any atom is 0.157 e. The number of hydrogen-bond acceptors (Lipinski definition) is 3. The molecule has 0 aromatic heterocycles. The summed E-state index contributed by atoms with van der Waals surface area (Å²) in [5.41, 5.74) is 0. The van der Waals surface area contributed by atoms with Crippen LogP contribution in [0.3, 0.4) is 0 Å². The fourth-order valence-electron chi connectivity index (χ4n) is 1.67. The summed E-state index contributed by atoms with van der Waals surface area (Å²) in [6.45, 7) is 13.0. The second kappa shape index (κ2) is 9.86. The van der Waals surface area contributed by atoms with Gasteiger partial charge in [0.1, 0.15) is 0 Å². The average Bonchev–Trinajstić information content (AvgIpc) is 2.22. The first kappa shape index (κ1) is 16.9. The Kier molecular flexibility index (Phi) is 9.79. The lowest BCUT2D eigenvalue weighted by atomic mass is 10.2. The van der Waals surface area contributed by atoms with Gasteiger partial charge in [-0.1, -0.05) is 20.3 Å². The Morgan fingerprint density at radius 3 is 1.88 bits per heavy atom. The van der Waals surface area contributed by atoms with Gasteiger partial charge in [-0.25, -0.2) is 0 Å². The molecule has 2 atom stereocenters. The summed E-state index contributed by atoms with van der Waals surface area (Å²) >= 11 is 0. The number of ether oxygens (including phenoxy) is 3. The van der Waals surface area contributed by atoms with Crippen molar-refractivity contribution in [2.24, 2.45) is 0 Å². The predicted molar refractivity (Wildman–Crippen MR) is 71.2 cm³/mol. The van der Waals surface area contributed by atoms with Crippen molar-refractivity contribution in [3.8, 4) is 0 Å². The van der Waals surface area contributed by atoms with Crippen LogP contribution in [-0.2, 0) is 14.2 Å². The first-order valence-corrected chi connectivity index (χ1v) is 6.92. The highest BCUT2D eigenvalue weighted by Gasteiger charge is 2.15. The SMILES string of the molecule is CCCC(COC(CC)OC(C)C)OC(C)C. The zero-order valence-electron chi connectivity index (χ0n) is 12.4. The van der Waals surface area contributed by atoms with Gasteiger partial charge in [0.05, 0.1) is 24.9 Å². The summed E-state index contributed by atoms with van der Waals surface area (Å²) in [6.07, 6.45) is 3.56. The van der Waals surface area contributed by atoms with Crippen LogP contribution in [0.4, 0.5) is 0 Å². The average molecular weight is 246 g/mol. The van der Waals surface area contributed by atoms with Crippen molar-refractivity contribution in [2.45, 2.75) is 85.4 Å². The summed E-state index contributed by atoms with van der Waals surface area (Å²) in [4.78, 5) is 0. The van der Waals surface area contributed by atoms with Crippen molar-refractivity contribution < 1.29 is 14.2 Å². The van der Waals surface area contributed by atoms with Gasteiger partial charge in [-0.15, -0.1) is 0 Å². The van der Waals surface area contributed by atoms with Crippen LogP contribution in [0.1, 0.15) is 60.8 Å². The van der Waals surface area contributed by atoms with E-state index in [4.69, 9.17) is 14.2 Å². The molecule has 104 valence electrons. The minimum atomic E-state index is -0.106. The predicted octanol–water partition coefficient (Wildman–Crippen LogP) is 3.76. The molecule has 0 radical (unpaired) electrons. The van der Waals surface area contributed by atoms with E-state index < -0.39 is 0 Å². The fraction of sp³-hybridized carbons (Fsp3) is 1.00. The normalized spacial score (nSPS) is 15.5. The van der Waals surface area contributed by atoms with Gasteiger partial charge in [-0.05, 0) is 40.5 Å². The smallest absolute Gasteiger partial charge is 0.157 e. The van der Waals surface area contributed by atoms with E-state index in [0.29, 0.717) is 6.61 Å². The van der Waals surface area contributed by atoms with Crippen LogP contribution in [0.25, 0.3) is 0 Å². The third kappa shape index (κ3) is 9.57. The quantitative estimate of drug-likeness (QED) is 0.549. The third-order valence-corrected chi connectivity index (χ3v) is 2.30. The molecule has 0 spiro atoms. The van der Waals surface area contributed by atoms with Crippen LogP contribution in [0.5, 0.6) is 0 Å². The van der Waals surface area contributed by atoms with E-state index in [1.165, 1.54) is 0 Å². The van der Waals surface area contributed by atoms with E-state index in [-0.39, 0.29) is 24.6 Å². The molecule has 0 saturated carbocycles. The van der Waals surface area contributed by atoms with Gasteiger partial charge in [0.15, 0.2) is 6.29 Å². The molecule has 0 aromatic rings. The molecule has 2 unspecified atom stereocenters. The molecule has 0 aliphatic carbocycles. The molecule has 0 aliphatic rings. The van der Waals surface area contributed by atoms with E-state index in [1.54, 1.807) is 0 Å². The Hall–Kier alpha value is -0.120. The Bertz CT molecular complexity index is 169. The van der Waals surface area contributed by atoms with Gasteiger partial charge in [0.25, 0.3) is 0 Å². The molecule has 0 fully saturated rings. The summed E-state index contributed by atoms with van der Waals surface area (Å²) in [7, 11) is 0. The maximum absolute atomic E-state index is 5.81. The molecule has 17 heavy (non-hydrogen) atoms. The molecule has 3 heteroatoms. The maximum atomic E-state index is 5.81. The summed E-state index contributed by atoms with van der Waals surface area (Å²) in [5, 5.41) is 0. The highest BCUT2D eigenvalue weighted by molar-refractivity contribution is 4.58.